The molecular weight excluding hydrogens is 972 g/mol. The first-order chi connectivity index (χ1) is 29.9. The Hall–Kier alpha value is -3.89. The number of nitrogens with zero attached hydrogens (tertiary/aromatic N) is 2. The minimum absolute atomic E-state index is 0.154. The molecular formula is C31H43F2N5O23P4. The molecule has 9 N–H and O–H groups in total. The smallest absolute Gasteiger partial charge is 0.462 e. The number of aliphatic hydroxyl groups excluding tert-OH is 2. The number of phosphoric ester groups is 1. The minimum atomic E-state index is -5.77. The van der Waals surface area contributed by atoms with Crippen LogP contribution in [0.25, 0.3) is 0 Å². The number of para-hydroxylation sites is 1. The highest BCUT2D eigenvalue weighted by Crippen LogP contribution is 2.66. The standard InChI is InChI=1S/C21H27FN3O9P.C10H16FN2O14P3/c1-12(2)32-20(28)13(3)24-35(30,34-14-7-5-4-6-8-14)31-11-15-18(27)17(22)19(33-15)25-10-9-16(26)23-21(25)29;1-10(11)7(15)5(25-8(10)13-3-2-6(14)12-9(13)16)4-24-29(20,21)27-30(22,23)26-28(17,18)19/h4-10,12-13,15,17-19,27H,11H2,1-3H3,(H,24,30)(H,23,26,29);2-3,5,7-8,15H,4H2,1H3,(H,20,21)(H,22,23)(H,12,14,16)(H2,17,18,19)/t13-,15?,17+,18+,19+,35-;5?,7-,8-,10-/m01/s1. The summed E-state index contributed by atoms with van der Waals surface area (Å²) in [5.74, 6) is -0.555. The van der Waals surface area contributed by atoms with Crippen LogP contribution in [0.2, 0.25) is 0 Å². The van der Waals surface area contributed by atoms with Crippen LogP contribution < -0.4 is 32.1 Å². The number of nitrogens with one attached hydrogen (secondary N) is 3. The van der Waals surface area contributed by atoms with Crippen LogP contribution in [0.15, 0.2) is 74.0 Å². The number of aromatic amines is 2. The SMILES string of the molecule is CC(C)OC(=O)[C@H](C)N[P@](=O)(OCC1O[C@@H](n2ccc(=O)[nH]c2=O)[C@H](F)[C@@H]1O)Oc1ccccc1.C[C@@]1(F)[C@H](O)C(COP(=O)(O)OP(=O)(O)OP(=O)(O)O)O[C@H]1n1ccc(=O)[nH]c1=O. The highest BCUT2D eigenvalue weighted by molar-refractivity contribution is 7.66. The van der Waals surface area contributed by atoms with Crippen molar-refractivity contribution < 1.29 is 98.0 Å². The second-order valence-electron chi connectivity index (χ2n) is 14.1. The molecule has 28 nitrogen and oxygen atoms in total. The number of aromatic nitrogens is 4. The van der Waals surface area contributed by atoms with Gasteiger partial charge in [-0.2, -0.15) is 13.7 Å². The van der Waals surface area contributed by atoms with Crippen LogP contribution in [-0.2, 0) is 54.9 Å². The predicted molar refractivity (Wildman–Crippen MR) is 211 cm³/mol. The molecule has 4 unspecified atom stereocenters. The van der Waals surface area contributed by atoms with E-state index in [0.717, 1.165) is 36.0 Å². The largest absolute Gasteiger partial charge is 0.490 e. The van der Waals surface area contributed by atoms with Crippen molar-refractivity contribution in [3.8, 4) is 5.75 Å². The van der Waals surface area contributed by atoms with Crippen molar-refractivity contribution >= 4 is 37.2 Å². The van der Waals surface area contributed by atoms with Crippen molar-refractivity contribution in [3.05, 3.63) is 96.5 Å². The Morgan fingerprint density at radius 3 is 1.92 bits per heavy atom. The first-order valence-corrected chi connectivity index (χ1v) is 24.4. The Kier molecular flexibility index (Phi) is 17.7. The van der Waals surface area contributed by atoms with Gasteiger partial charge in [0.05, 0.1) is 19.3 Å². The number of hydrogen-bond acceptors (Lipinski definition) is 19. The van der Waals surface area contributed by atoms with Crippen molar-refractivity contribution in [2.75, 3.05) is 13.2 Å². The van der Waals surface area contributed by atoms with Crippen LogP contribution in [0, 0.1) is 0 Å². The van der Waals surface area contributed by atoms with Crippen LogP contribution in [0.3, 0.4) is 0 Å². The number of phosphoric acid groups is 3. The quantitative estimate of drug-likeness (QED) is 0.0604. The number of ether oxygens (including phenoxy) is 3. The Morgan fingerprint density at radius 1 is 0.831 bits per heavy atom. The van der Waals surface area contributed by atoms with E-state index in [0.29, 0.717) is 4.57 Å². The van der Waals surface area contributed by atoms with Gasteiger partial charge in [-0.05, 0) is 39.8 Å². The molecule has 1 aromatic carbocycles. The molecule has 2 saturated heterocycles. The summed E-state index contributed by atoms with van der Waals surface area (Å²) in [6.45, 7) is 3.75. The molecule has 2 aliphatic rings. The van der Waals surface area contributed by atoms with Crippen LogP contribution in [0.4, 0.5) is 8.78 Å². The number of carbonyl (C=O) groups excluding carboxylic acids is 1. The van der Waals surface area contributed by atoms with Gasteiger partial charge in [0, 0.05) is 24.5 Å². The first-order valence-electron chi connectivity index (χ1n) is 18.3. The molecule has 2 aromatic heterocycles. The lowest BCUT2D eigenvalue weighted by molar-refractivity contribution is -0.149. The summed E-state index contributed by atoms with van der Waals surface area (Å²) in [7, 11) is -21.2. The number of alkyl halides is 2. The topological polar surface area (TPSA) is 402 Å². The molecule has 3 aromatic rings. The first kappa shape index (κ1) is 53.7. The molecule has 0 spiro atoms. The van der Waals surface area contributed by atoms with Gasteiger partial charge >= 0.3 is 48.6 Å². The zero-order valence-electron chi connectivity index (χ0n) is 33.9. The molecule has 2 aliphatic heterocycles. The fraction of sp³-hybridized carbons (Fsp3) is 0.516. The molecule has 0 aliphatic carbocycles. The summed E-state index contributed by atoms with van der Waals surface area (Å²) in [6, 6.07) is 8.72. The highest BCUT2D eigenvalue weighted by Gasteiger charge is 2.56. The van der Waals surface area contributed by atoms with Gasteiger partial charge in [0.25, 0.3) is 11.1 Å². The normalized spacial score (nSPS) is 27.7. The summed E-state index contributed by atoms with van der Waals surface area (Å²) in [5.41, 5.74) is -6.17. The highest BCUT2D eigenvalue weighted by atomic mass is 31.3. The fourth-order valence-electron chi connectivity index (χ4n) is 5.63. The van der Waals surface area contributed by atoms with E-state index in [-0.39, 0.29) is 5.75 Å². The third kappa shape index (κ3) is 15.1. The van der Waals surface area contributed by atoms with Gasteiger partial charge in [-0.15, -0.1) is 0 Å². The van der Waals surface area contributed by atoms with Crippen molar-refractivity contribution in [1.29, 1.82) is 0 Å². The van der Waals surface area contributed by atoms with Gasteiger partial charge in [-0.3, -0.25) is 42.5 Å². The molecule has 5 rings (SSSR count). The lowest BCUT2D eigenvalue weighted by Gasteiger charge is -2.25. The van der Waals surface area contributed by atoms with Gasteiger partial charge in [0.2, 0.25) is 0 Å². The Morgan fingerprint density at radius 2 is 1.38 bits per heavy atom. The number of hydrogen-bond donors (Lipinski definition) is 9. The average Bonchev–Trinajstić information content (AvgIpc) is 3.57. The maximum absolute atomic E-state index is 14.9. The van der Waals surface area contributed by atoms with E-state index in [1.807, 2.05) is 9.97 Å². The van der Waals surface area contributed by atoms with E-state index < -0.39 is 134 Å². The fourth-order valence-corrected chi connectivity index (χ4v) is 10.2. The van der Waals surface area contributed by atoms with Gasteiger partial charge < -0.3 is 48.5 Å². The molecule has 0 bridgehead atoms. The monoisotopic (exact) mass is 1020 g/mol. The van der Waals surface area contributed by atoms with Gasteiger partial charge in [-0.1, -0.05) is 18.2 Å². The Balaban J connectivity index is 0.000000288. The van der Waals surface area contributed by atoms with E-state index in [1.165, 1.54) is 19.1 Å². The maximum atomic E-state index is 14.9. The molecule has 0 saturated carbocycles. The van der Waals surface area contributed by atoms with E-state index in [9.17, 15) is 66.1 Å². The van der Waals surface area contributed by atoms with Gasteiger partial charge in [-0.25, -0.2) is 36.6 Å². The number of esters is 1. The Labute approximate surface area is 363 Å². The van der Waals surface area contributed by atoms with Crippen LogP contribution in [-0.4, -0.2) is 116 Å². The van der Waals surface area contributed by atoms with Crippen molar-refractivity contribution in [1.82, 2.24) is 24.2 Å². The van der Waals surface area contributed by atoms with E-state index >= 15 is 0 Å². The predicted octanol–water partition coefficient (Wildman–Crippen LogP) is 0.133. The minimum Gasteiger partial charge on any atom is -0.462 e. The number of halogens is 2. The number of H-pyrrole nitrogens is 2. The molecule has 65 heavy (non-hydrogen) atoms. The van der Waals surface area contributed by atoms with E-state index in [4.69, 9.17) is 37.9 Å². The average molecular weight is 1020 g/mol. The van der Waals surface area contributed by atoms with Gasteiger partial charge in [0.15, 0.2) is 24.3 Å². The lowest BCUT2D eigenvalue weighted by Crippen LogP contribution is -2.43. The maximum Gasteiger partial charge on any atom is 0.490 e. The van der Waals surface area contributed by atoms with Crippen LogP contribution >= 0.6 is 31.2 Å². The van der Waals surface area contributed by atoms with Crippen LogP contribution in [0.1, 0.15) is 40.2 Å². The molecule has 0 radical (unpaired) electrons. The van der Waals surface area contributed by atoms with E-state index in [2.05, 4.69) is 18.2 Å². The molecule has 12 atom stereocenters. The molecule has 2 fully saturated rings. The third-order valence-corrected chi connectivity index (χ3v) is 13.9. The molecule has 0 amide bonds. The van der Waals surface area contributed by atoms with Gasteiger partial charge in [0.1, 0.15) is 36.2 Å². The lowest BCUT2D eigenvalue weighted by atomic mass is 9.98. The summed E-state index contributed by atoms with van der Waals surface area (Å²) in [6.07, 6.45) is -10.9. The zero-order chi connectivity index (χ0) is 48.9. The number of benzene rings is 1. The second-order valence-corrected chi connectivity index (χ2v) is 20.2. The zero-order valence-corrected chi connectivity index (χ0v) is 37.4. The number of aliphatic hydroxyl groups is 2. The molecule has 364 valence electrons. The molecule has 4 heterocycles. The summed E-state index contributed by atoms with van der Waals surface area (Å²) >= 11 is 0. The summed E-state index contributed by atoms with van der Waals surface area (Å²) in [5, 5.41) is 22.8. The number of carbonyl (C=O) groups is 1. The Bertz CT molecular complexity index is 2570. The van der Waals surface area contributed by atoms with Crippen molar-refractivity contribution in [3.63, 3.8) is 0 Å². The molecule has 34 heteroatoms. The van der Waals surface area contributed by atoms with Crippen molar-refractivity contribution in [2.45, 2.75) is 88.6 Å². The number of rotatable bonds is 18. The van der Waals surface area contributed by atoms with E-state index in [1.54, 1.807) is 32.0 Å². The summed E-state index contributed by atoms with van der Waals surface area (Å²) in [4.78, 5) is 97.6. The van der Waals surface area contributed by atoms with Crippen LogP contribution in [0.5, 0.6) is 5.75 Å². The third-order valence-electron chi connectivity index (χ3n) is 8.49. The summed E-state index contributed by atoms with van der Waals surface area (Å²) < 4.78 is 116. The van der Waals surface area contributed by atoms with Crippen molar-refractivity contribution in [2.24, 2.45) is 0 Å². The second kappa shape index (κ2) is 21.4.